The smallest absolute Gasteiger partial charge is 0.227 e. The van der Waals surface area contributed by atoms with E-state index in [-0.39, 0.29) is 12.3 Å². The minimum Gasteiger partial charge on any atom is -0.493 e. The number of nitrogens with one attached hydrogen (secondary N) is 1. The van der Waals surface area contributed by atoms with Gasteiger partial charge in [-0.2, -0.15) is 5.26 Å². The van der Waals surface area contributed by atoms with Gasteiger partial charge in [0.2, 0.25) is 5.91 Å². The second kappa shape index (κ2) is 7.28. The summed E-state index contributed by atoms with van der Waals surface area (Å²) in [6.07, 6.45) is 0.255. The number of nitrogens with zero attached hydrogens (tertiary/aromatic N) is 1. The molecule has 0 radical (unpaired) electrons. The number of ether oxygens (including phenoxy) is 1. The van der Waals surface area contributed by atoms with Gasteiger partial charge >= 0.3 is 0 Å². The van der Waals surface area contributed by atoms with Gasteiger partial charge in [-0.3, -0.25) is 4.79 Å². The molecule has 0 spiro atoms. The number of carbonyl (C=O) groups is 1. The van der Waals surface area contributed by atoms with Gasteiger partial charge in [0, 0.05) is 5.69 Å². The second-order valence-corrected chi connectivity index (χ2v) is 5.06. The summed E-state index contributed by atoms with van der Waals surface area (Å²) in [5.41, 5.74) is 3.25. The quantitative estimate of drug-likeness (QED) is 0.916. The van der Waals surface area contributed by atoms with Crippen molar-refractivity contribution in [3.63, 3.8) is 0 Å². The molecule has 0 aliphatic heterocycles. The highest BCUT2D eigenvalue weighted by molar-refractivity contribution is 5.90. The molecule has 0 bridgehead atoms. The first-order valence-electron chi connectivity index (χ1n) is 7.09. The van der Waals surface area contributed by atoms with Crippen molar-refractivity contribution in [2.75, 3.05) is 11.9 Å². The van der Waals surface area contributed by atoms with Crippen LogP contribution in [-0.2, 0) is 4.79 Å². The highest BCUT2D eigenvalue weighted by atomic mass is 16.5. The third-order valence-electron chi connectivity index (χ3n) is 3.26. The zero-order chi connectivity index (χ0) is 15.9. The Morgan fingerprint density at radius 2 is 1.86 bits per heavy atom. The Labute approximate surface area is 130 Å². The highest BCUT2D eigenvalue weighted by Gasteiger charge is 2.06. The maximum atomic E-state index is 11.9. The largest absolute Gasteiger partial charge is 0.493 e. The molecule has 0 saturated heterocycles. The molecule has 0 aromatic heterocycles. The summed E-state index contributed by atoms with van der Waals surface area (Å²) < 4.78 is 5.71. The summed E-state index contributed by atoms with van der Waals surface area (Å²) in [5.74, 6) is 0.697. The van der Waals surface area contributed by atoms with Crippen molar-refractivity contribution >= 4 is 11.6 Å². The summed E-state index contributed by atoms with van der Waals surface area (Å²) in [4.78, 5) is 11.9. The number of carbonyl (C=O) groups excluding carboxylic acids is 1. The number of rotatable bonds is 5. The summed E-state index contributed by atoms with van der Waals surface area (Å²) in [6, 6.07) is 14.8. The van der Waals surface area contributed by atoms with Crippen LogP contribution >= 0.6 is 0 Å². The van der Waals surface area contributed by atoms with Gasteiger partial charge in [0.15, 0.2) is 0 Å². The highest BCUT2D eigenvalue weighted by Crippen LogP contribution is 2.22. The zero-order valence-corrected chi connectivity index (χ0v) is 12.7. The minimum atomic E-state index is -0.138. The zero-order valence-electron chi connectivity index (χ0n) is 12.7. The van der Waals surface area contributed by atoms with E-state index < -0.39 is 0 Å². The van der Waals surface area contributed by atoms with Crippen LogP contribution in [0.2, 0.25) is 0 Å². The first kappa shape index (κ1) is 15.6. The molecule has 4 heteroatoms. The van der Waals surface area contributed by atoms with Gasteiger partial charge in [-0.05, 0) is 43.2 Å². The Bertz CT molecular complexity index is 697. The van der Waals surface area contributed by atoms with Crippen LogP contribution in [0.1, 0.15) is 23.1 Å². The molecule has 0 heterocycles. The van der Waals surface area contributed by atoms with Crippen LogP contribution in [0.3, 0.4) is 0 Å². The maximum absolute atomic E-state index is 11.9. The van der Waals surface area contributed by atoms with Gasteiger partial charge in [0.1, 0.15) is 5.75 Å². The third-order valence-corrected chi connectivity index (χ3v) is 3.26. The lowest BCUT2D eigenvalue weighted by Gasteiger charge is -2.12. The molecule has 2 rings (SSSR count). The fourth-order valence-corrected chi connectivity index (χ4v) is 2.16. The van der Waals surface area contributed by atoms with Crippen LogP contribution < -0.4 is 10.1 Å². The van der Waals surface area contributed by atoms with Crippen LogP contribution in [0.5, 0.6) is 5.75 Å². The minimum absolute atomic E-state index is 0.138. The van der Waals surface area contributed by atoms with Gasteiger partial charge < -0.3 is 10.1 Å². The van der Waals surface area contributed by atoms with Crippen molar-refractivity contribution in [1.29, 1.82) is 5.26 Å². The molecular weight excluding hydrogens is 276 g/mol. The molecule has 0 unspecified atom stereocenters. The predicted molar refractivity (Wildman–Crippen MR) is 85.8 cm³/mol. The van der Waals surface area contributed by atoms with E-state index in [1.165, 1.54) is 0 Å². The van der Waals surface area contributed by atoms with Gasteiger partial charge in [-0.25, -0.2) is 0 Å². The number of amides is 1. The number of para-hydroxylation sites is 1. The number of hydrogen-bond donors (Lipinski definition) is 1. The van der Waals surface area contributed by atoms with Gasteiger partial charge in [0.05, 0.1) is 24.7 Å². The topological polar surface area (TPSA) is 62.1 Å². The standard InChI is InChI=1S/C18H18N2O2/c1-13-5-3-6-14(2)18(13)22-10-9-17(21)20-16-8-4-7-15(11-16)12-19/h3-8,11H,9-10H2,1-2H3,(H,20,21). The van der Waals surface area contributed by atoms with Crippen molar-refractivity contribution in [3.05, 3.63) is 59.2 Å². The van der Waals surface area contributed by atoms with Crippen LogP contribution in [-0.4, -0.2) is 12.5 Å². The number of nitriles is 1. The first-order valence-corrected chi connectivity index (χ1v) is 7.09. The molecule has 0 aliphatic rings. The van der Waals surface area contributed by atoms with Crippen molar-refractivity contribution < 1.29 is 9.53 Å². The van der Waals surface area contributed by atoms with E-state index in [4.69, 9.17) is 10.00 Å². The Morgan fingerprint density at radius 1 is 1.18 bits per heavy atom. The molecule has 22 heavy (non-hydrogen) atoms. The Hall–Kier alpha value is -2.80. The first-order chi connectivity index (χ1) is 10.6. The van der Waals surface area contributed by atoms with Gasteiger partial charge in [-0.1, -0.05) is 24.3 Å². The van der Waals surface area contributed by atoms with Crippen LogP contribution in [0.4, 0.5) is 5.69 Å². The fourth-order valence-electron chi connectivity index (χ4n) is 2.16. The molecular formula is C18H18N2O2. The van der Waals surface area contributed by atoms with Crippen molar-refractivity contribution in [3.8, 4) is 11.8 Å². The number of hydrogen-bond acceptors (Lipinski definition) is 3. The number of benzene rings is 2. The lowest BCUT2D eigenvalue weighted by molar-refractivity contribution is -0.116. The third kappa shape index (κ3) is 4.10. The van der Waals surface area contributed by atoms with E-state index >= 15 is 0 Å². The second-order valence-electron chi connectivity index (χ2n) is 5.06. The summed E-state index contributed by atoms with van der Waals surface area (Å²) in [6.45, 7) is 4.28. The summed E-state index contributed by atoms with van der Waals surface area (Å²) >= 11 is 0. The Kier molecular flexibility index (Phi) is 5.16. The average Bonchev–Trinajstić information content (AvgIpc) is 2.50. The van der Waals surface area contributed by atoms with E-state index in [2.05, 4.69) is 5.32 Å². The molecule has 2 aromatic rings. The van der Waals surface area contributed by atoms with Gasteiger partial charge in [-0.15, -0.1) is 0 Å². The molecule has 0 saturated carbocycles. The maximum Gasteiger partial charge on any atom is 0.227 e. The molecule has 0 atom stereocenters. The molecule has 0 fully saturated rings. The average molecular weight is 294 g/mol. The fraction of sp³-hybridized carbons (Fsp3) is 0.222. The lowest BCUT2D eigenvalue weighted by atomic mass is 10.1. The summed E-state index contributed by atoms with van der Waals surface area (Å²) in [7, 11) is 0. The lowest BCUT2D eigenvalue weighted by Crippen LogP contribution is -2.15. The molecule has 2 aromatic carbocycles. The number of anilines is 1. The molecule has 1 amide bonds. The summed E-state index contributed by atoms with van der Waals surface area (Å²) in [5, 5.41) is 11.6. The van der Waals surface area contributed by atoms with E-state index in [0.717, 1.165) is 16.9 Å². The van der Waals surface area contributed by atoms with Crippen LogP contribution in [0.25, 0.3) is 0 Å². The normalized spacial score (nSPS) is 9.86. The molecule has 112 valence electrons. The van der Waals surface area contributed by atoms with Crippen molar-refractivity contribution in [1.82, 2.24) is 0 Å². The Morgan fingerprint density at radius 3 is 2.55 bits per heavy atom. The van der Waals surface area contributed by atoms with Crippen LogP contribution in [0.15, 0.2) is 42.5 Å². The molecule has 0 aliphatic carbocycles. The van der Waals surface area contributed by atoms with Crippen molar-refractivity contribution in [2.45, 2.75) is 20.3 Å². The predicted octanol–water partition coefficient (Wildman–Crippen LogP) is 3.58. The van der Waals surface area contributed by atoms with E-state index in [0.29, 0.717) is 17.9 Å². The monoisotopic (exact) mass is 294 g/mol. The van der Waals surface area contributed by atoms with E-state index in [1.54, 1.807) is 24.3 Å². The SMILES string of the molecule is Cc1cccc(C)c1OCCC(=O)Nc1cccc(C#N)c1. The van der Waals surface area contributed by atoms with E-state index in [9.17, 15) is 4.79 Å². The van der Waals surface area contributed by atoms with Crippen LogP contribution in [0, 0.1) is 25.2 Å². The molecule has 4 nitrogen and oxygen atoms in total. The molecule has 1 N–H and O–H groups in total. The van der Waals surface area contributed by atoms with E-state index in [1.807, 2.05) is 38.1 Å². The Balaban J connectivity index is 1.87. The van der Waals surface area contributed by atoms with Gasteiger partial charge in [0.25, 0.3) is 0 Å². The van der Waals surface area contributed by atoms with Crippen molar-refractivity contribution in [2.24, 2.45) is 0 Å². The number of aryl methyl sites for hydroxylation is 2.